The molecule has 3 atom stereocenters. The predicted octanol–water partition coefficient (Wildman–Crippen LogP) is 4.20. The lowest BCUT2D eigenvalue weighted by molar-refractivity contribution is 0.0168. The molecule has 2 aromatic carbocycles. The number of hydrogen-bond acceptors (Lipinski definition) is 4. The molecule has 1 unspecified atom stereocenters. The molecule has 0 aromatic heterocycles. The van der Waals surface area contributed by atoms with Crippen molar-refractivity contribution < 1.29 is 13.9 Å². The first-order valence-electron chi connectivity index (χ1n) is 11.7. The third-order valence-corrected chi connectivity index (χ3v) is 7.65. The Kier molecular flexibility index (Phi) is 7.11. The Morgan fingerprint density at radius 3 is 2.47 bits per heavy atom. The van der Waals surface area contributed by atoms with Crippen molar-refractivity contribution in [1.29, 1.82) is 0 Å². The van der Waals surface area contributed by atoms with Crippen LogP contribution in [0.15, 0.2) is 54.6 Å². The lowest BCUT2D eigenvalue weighted by Gasteiger charge is -2.49. The maximum atomic E-state index is 14.3. The number of hydrogen-bond donors (Lipinski definition) is 2. The van der Waals surface area contributed by atoms with Crippen LogP contribution in [0.1, 0.15) is 43.2 Å². The molecule has 1 aliphatic carbocycles. The van der Waals surface area contributed by atoms with E-state index in [1.807, 2.05) is 12.1 Å². The van der Waals surface area contributed by atoms with Gasteiger partial charge < -0.3 is 16.2 Å². The molecule has 2 aromatic rings. The average Bonchev–Trinajstić information content (AvgIpc) is 3.24. The first kappa shape index (κ1) is 22.7. The highest BCUT2D eigenvalue weighted by Crippen LogP contribution is 2.50. The molecule has 172 valence electrons. The summed E-state index contributed by atoms with van der Waals surface area (Å²) in [7, 11) is 0. The summed E-state index contributed by atoms with van der Waals surface area (Å²) in [6.07, 6.45) is 3.55. The molecule has 2 aliphatic rings. The van der Waals surface area contributed by atoms with Crippen LogP contribution in [0.3, 0.4) is 0 Å². The number of carbonyl (C=O) groups is 1. The maximum Gasteiger partial charge on any atom is 0.404 e. The third-order valence-electron chi connectivity index (χ3n) is 7.65. The zero-order valence-corrected chi connectivity index (χ0v) is 18.6. The number of carbonyl (C=O) groups excluding carboxylic acids is 1. The summed E-state index contributed by atoms with van der Waals surface area (Å²) in [6, 6.07) is 17.4. The minimum Gasteiger partial charge on any atom is -0.446 e. The van der Waals surface area contributed by atoms with Crippen LogP contribution in [0.4, 0.5) is 9.18 Å². The van der Waals surface area contributed by atoms with Gasteiger partial charge in [-0.1, -0.05) is 42.5 Å². The van der Waals surface area contributed by atoms with Gasteiger partial charge in [0.05, 0.1) is 0 Å². The summed E-state index contributed by atoms with van der Waals surface area (Å²) >= 11 is 0. The lowest BCUT2D eigenvalue weighted by Crippen LogP contribution is -2.54. The van der Waals surface area contributed by atoms with Gasteiger partial charge in [0, 0.05) is 24.4 Å². The normalized spacial score (nSPS) is 24.2. The molecular weight excluding hydrogens is 405 g/mol. The van der Waals surface area contributed by atoms with Crippen LogP contribution in [-0.2, 0) is 16.7 Å². The van der Waals surface area contributed by atoms with Gasteiger partial charge in [0.2, 0.25) is 0 Å². The van der Waals surface area contributed by atoms with E-state index in [4.69, 9.17) is 16.2 Å². The molecule has 4 N–H and O–H groups in total. The zero-order valence-electron chi connectivity index (χ0n) is 18.6. The van der Waals surface area contributed by atoms with Crippen LogP contribution in [0.5, 0.6) is 0 Å². The molecular formula is C26H34FN3O2. The van der Waals surface area contributed by atoms with Crippen LogP contribution in [-0.4, -0.2) is 36.7 Å². The fourth-order valence-electron chi connectivity index (χ4n) is 6.22. The van der Waals surface area contributed by atoms with E-state index in [1.54, 1.807) is 12.1 Å². The SMILES string of the molecule is NCC(c1cccc(F)c1)(C1CCN(Cc2ccccc2)CC1)[C@H]1CCC[C@@H]1OC(N)=O. The van der Waals surface area contributed by atoms with Crippen molar-refractivity contribution in [1.82, 2.24) is 4.90 Å². The molecule has 6 heteroatoms. The van der Waals surface area contributed by atoms with Gasteiger partial charge in [-0.25, -0.2) is 9.18 Å². The number of piperidine rings is 1. The average molecular weight is 440 g/mol. The van der Waals surface area contributed by atoms with E-state index in [-0.39, 0.29) is 23.8 Å². The van der Waals surface area contributed by atoms with E-state index in [2.05, 4.69) is 29.2 Å². The molecule has 5 nitrogen and oxygen atoms in total. The van der Waals surface area contributed by atoms with Crippen LogP contribution in [0.25, 0.3) is 0 Å². The fraction of sp³-hybridized carbons (Fsp3) is 0.500. The van der Waals surface area contributed by atoms with Gasteiger partial charge in [-0.15, -0.1) is 0 Å². The van der Waals surface area contributed by atoms with E-state index in [9.17, 15) is 9.18 Å². The molecule has 1 amide bonds. The Hall–Kier alpha value is -2.44. The van der Waals surface area contributed by atoms with Crippen molar-refractivity contribution in [3.05, 3.63) is 71.5 Å². The Labute approximate surface area is 189 Å². The van der Waals surface area contributed by atoms with Crippen LogP contribution in [0, 0.1) is 17.7 Å². The summed E-state index contributed by atoms with van der Waals surface area (Å²) in [5.41, 5.74) is 13.7. The molecule has 2 fully saturated rings. The summed E-state index contributed by atoms with van der Waals surface area (Å²) in [6.45, 7) is 3.25. The second-order valence-corrected chi connectivity index (χ2v) is 9.30. The number of likely N-dealkylation sites (tertiary alicyclic amines) is 1. The monoisotopic (exact) mass is 439 g/mol. The Morgan fingerprint density at radius 1 is 1.06 bits per heavy atom. The second kappa shape index (κ2) is 10.0. The summed E-state index contributed by atoms with van der Waals surface area (Å²) in [5, 5.41) is 0. The fourth-order valence-corrected chi connectivity index (χ4v) is 6.22. The highest BCUT2D eigenvalue weighted by atomic mass is 19.1. The molecule has 4 rings (SSSR count). The van der Waals surface area contributed by atoms with E-state index < -0.39 is 11.5 Å². The van der Waals surface area contributed by atoms with Crippen LogP contribution in [0.2, 0.25) is 0 Å². The topological polar surface area (TPSA) is 81.6 Å². The van der Waals surface area contributed by atoms with Crippen LogP contribution >= 0.6 is 0 Å². The van der Waals surface area contributed by atoms with Crippen molar-refractivity contribution in [3.8, 4) is 0 Å². The standard InChI is InChI=1S/C26H34FN3O2/c27-22-9-4-8-21(16-22)26(18-28,23-10-5-11-24(23)32-25(29)31)20-12-14-30(15-13-20)17-19-6-2-1-3-7-19/h1-4,6-9,16,20,23-24H,5,10-15,17-18,28H2,(H2,29,31)/t23-,24-,26?/m0/s1. The van der Waals surface area contributed by atoms with E-state index in [0.717, 1.165) is 57.3 Å². The van der Waals surface area contributed by atoms with Gasteiger partial charge in [0.15, 0.2) is 0 Å². The first-order chi connectivity index (χ1) is 15.5. The van der Waals surface area contributed by atoms with Crippen molar-refractivity contribution >= 4 is 6.09 Å². The van der Waals surface area contributed by atoms with Gasteiger partial charge in [0.1, 0.15) is 11.9 Å². The minimum absolute atomic E-state index is 0.0347. The zero-order chi connectivity index (χ0) is 22.6. The summed E-state index contributed by atoms with van der Waals surface area (Å²) in [4.78, 5) is 14.1. The Morgan fingerprint density at radius 2 is 1.81 bits per heavy atom. The highest BCUT2D eigenvalue weighted by Gasteiger charge is 2.51. The molecule has 0 radical (unpaired) electrons. The number of amides is 1. The quantitative estimate of drug-likeness (QED) is 0.678. The second-order valence-electron chi connectivity index (χ2n) is 9.30. The number of halogens is 1. The number of benzene rings is 2. The van der Waals surface area contributed by atoms with Gasteiger partial charge in [-0.05, 0) is 74.4 Å². The third kappa shape index (κ3) is 4.66. The lowest BCUT2D eigenvalue weighted by atomic mass is 9.58. The largest absolute Gasteiger partial charge is 0.446 e. The van der Waals surface area contributed by atoms with Crippen molar-refractivity contribution in [3.63, 3.8) is 0 Å². The molecule has 1 aliphatic heterocycles. The van der Waals surface area contributed by atoms with Gasteiger partial charge in [-0.2, -0.15) is 0 Å². The van der Waals surface area contributed by atoms with Crippen molar-refractivity contribution in [2.24, 2.45) is 23.3 Å². The molecule has 0 spiro atoms. The van der Waals surface area contributed by atoms with Crippen LogP contribution < -0.4 is 11.5 Å². The maximum absolute atomic E-state index is 14.3. The number of nitrogens with two attached hydrogens (primary N) is 2. The number of primary amides is 1. The molecule has 1 heterocycles. The Bertz CT molecular complexity index is 901. The smallest absolute Gasteiger partial charge is 0.404 e. The number of ether oxygens (including phenoxy) is 1. The van der Waals surface area contributed by atoms with Crippen molar-refractivity contribution in [2.75, 3.05) is 19.6 Å². The van der Waals surface area contributed by atoms with E-state index in [0.29, 0.717) is 6.54 Å². The molecule has 32 heavy (non-hydrogen) atoms. The van der Waals surface area contributed by atoms with Gasteiger partial charge >= 0.3 is 6.09 Å². The molecule has 1 saturated heterocycles. The number of nitrogens with zero attached hydrogens (tertiary/aromatic N) is 1. The highest BCUT2D eigenvalue weighted by molar-refractivity contribution is 5.65. The molecule has 1 saturated carbocycles. The first-order valence-corrected chi connectivity index (χ1v) is 11.7. The predicted molar refractivity (Wildman–Crippen MR) is 123 cm³/mol. The summed E-state index contributed by atoms with van der Waals surface area (Å²) in [5.74, 6) is 0.0584. The molecule has 0 bridgehead atoms. The van der Waals surface area contributed by atoms with E-state index in [1.165, 1.54) is 11.6 Å². The number of rotatable bonds is 7. The van der Waals surface area contributed by atoms with Gasteiger partial charge in [0.25, 0.3) is 0 Å². The summed E-state index contributed by atoms with van der Waals surface area (Å²) < 4.78 is 19.9. The van der Waals surface area contributed by atoms with E-state index >= 15 is 0 Å². The minimum atomic E-state index is -0.746. The van der Waals surface area contributed by atoms with Gasteiger partial charge in [-0.3, -0.25) is 4.90 Å². The van der Waals surface area contributed by atoms with Crippen molar-refractivity contribution in [2.45, 2.75) is 50.2 Å². The Balaban J connectivity index is 1.60.